The van der Waals surface area contributed by atoms with Crippen molar-refractivity contribution in [3.05, 3.63) is 63.7 Å². The minimum absolute atomic E-state index is 0.0879. The van der Waals surface area contributed by atoms with Gasteiger partial charge in [0.25, 0.3) is 0 Å². The number of nitrogens with zero attached hydrogens (tertiary/aromatic N) is 2. The molecule has 0 aliphatic heterocycles. The van der Waals surface area contributed by atoms with Crippen LogP contribution in [0, 0.1) is 29.9 Å². The molecule has 22 heavy (non-hydrogen) atoms. The molecule has 0 bridgehead atoms. The van der Waals surface area contributed by atoms with Crippen LogP contribution in [0.25, 0.3) is 10.2 Å². The molecule has 1 heterocycles. The molecule has 0 atom stereocenters. The van der Waals surface area contributed by atoms with E-state index in [0.29, 0.717) is 17.5 Å². The Morgan fingerprint density at radius 1 is 1.18 bits per heavy atom. The summed E-state index contributed by atoms with van der Waals surface area (Å²) in [5.41, 5.74) is 3.13. The van der Waals surface area contributed by atoms with Crippen molar-refractivity contribution in [2.45, 2.75) is 19.8 Å². The summed E-state index contributed by atoms with van der Waals surface area (Å²) in [6.45, 7) is 1.97. The van der Waals surface area contributed by atoms with Crippen LogP contribution in [-0.4, -0.2) is 4.98 Å². The van der Waals surface area contributed by atoms with Crippen LogP contribution in [0.3, 0.4) is 0 Å². The van der Waals surface area contributed by atoms with Crippen molar-refractivity contribution in [2.24, 2.45) is 0 Å². The highest BCUT2D eigenvalue weighted by atomic mass is 32.1. The third-order valence-electron chi connectivity index (χ3n) is 3.33. The monoisotopic (exact) mass is 314 g/mol. The summed E-state index contributed by atoms with van der Waals surface area (Å²) >= 11 is 1.36. The summed E-state index contributed by atoms with van der Waals surface area (Å²) in [4.78, 5) is 4.21. The van der Waals surface area contributed by atoms with Crippen LogP contribution in [-0.2, 0) is 12.8 Å². The molecule has 2 aromatic carbocycles. The summed E-state index contributed by atoms with van der Waals surface area (Å²) in [5, 5.41) is 9.54. The van der Waals surface area contributed by atoms with Crippen LogP contribution < -0.4 is 0 Å². The van der Waals surface area contributed by atoms with Gasteiger partial charge in [0.15, 0.2) is 11.6 Å². The van der Waals surface area contributed by atoms with Crippen molar-refractivity contribution >= 4 is 21.6 Å². The van der Waals surface area contributed by atoms with Gasteiger partial charge in [-0.2, -0.15) is 5.26 Å². The molecule has 0 saturated heterocycles. The predicted molar refractivity (Wildman–Crippen MR) is 82.8 cm³/mol. The Balaban J connectivity index is 1.96. The predicted octanol–water partition coefficient (Wildman–Crippen LogP) is 4.54. The minimum atomic E-state index is -0.894. The second-order valence-electron chi connectivity index (χ2n) is 5.15. The van der Waals surface area contributed by atoms with E-state index in [0.717, 1.165) is 27.8 Å². The molecule has 0 amide bonds. The van der Waals surface area contributed by atoms with Crippen molar-refractivity contribution in [3.63, 3.8) is 0 Å². The number of hydrogen-bond donors (Lipinski definition) is 0. The van der Waals surface area contributed by atoms with E-state index in [1.54, 1.807) is 6.07 Å². The van der Waals surface area contributed by atoms with Gasteiger partial charge in [0.1, 0.15) is 5.52 Å². The molecule has 5 heteroatoms. The number of nitriles is 1. The lowest BCUT2D eigenvalue weighted by Gasteiger charge is -2.03. The Hall–Kier alpha value is -2.32. The Morgan fingerprint density at radius 2 is 1.95 bits per heavy atom. The number of aryl methyl sites for hydroxylation is 1. The average Bonchev–Trinajstić information content (AvgIpc) is 2.86. The summed E-state index contributed by atoms with van der Waals surface area (Å²) in [5.74, 6) is -1.77. The number of halogens is 2. The zero-order valence-corrected chi connectivity index (χ0v) is 12.7. The van der Waals surface area contributed by atoms with Crippen molar-refractivity contribution in [1.82, 2.24) is 4.98 Å². The molecule has 110 valence electrons. The van der Waals surface area contributed by atoms with E-state index in [4.69, 9.17) is 5.26 Å². The summed E-state index contributed by atoms with van der Waals surface area (Å²) in [7, 11) is 0. The second kappa shape index (κ2) is 5.82. The zero-order chi connectivity index (χ0) is 15.7. The molecule has 0 saturated carbocycles. The normalized spacial score (nSPS) is 10.8. The van der Waals surface area contributed by atoms with Gasteiger partial charge in [-0.15, -0.1) is 11.3 Å². The zero-order valence-electron chi connectivity index (χ0n) is 11.9. The molecule has 3 rings (SSSR count). The number of rotatable bonds is 3. The molecular formula is C17H12F2N2S. The Kier molecular flexibility index (Phi) is 3.86. The van der Waals surface area contributed by atoms with E-state index in [1.165, 1.54) is 11.3 Å². The lowest BCUT2D eigenvalue weighted by Crippen LogP contribution is -1.92. The quantitative estimate of drug-likeness (QED) is 0.711. The van der Waals surface area contributed by atoms with Gasteiger partial charge in [0.05, 0.1) is 22.2 Å². The topological polar surface area (TPSA) is 36.7 Å². The molecule has 0 aliphatic carbocycles. The van der Waals surface area contributed by atoms with Crippen molar-refractivity contribution in [1.29, 1.82) is 5.26 Å². The first-order valence-electron chi connectivity index (χ1n) is 6.76. The van der Waals surface area contributed by atoms with Gasteiger partial charge < -0.3 is 0 Å². The lowest BCUT2D eigenvalue weighted by molar-refractivity contribution is 0.515. The number of benzene rings is 2. The van der Waals surface area contributed by atoms with Crippen LogP contribution in [0.15, 0.2) is 30.3 Å². The summed E-state index contributed by atoms with van der Waals surface area (Å²) < 4.78 is 27.6. The highest BCUT2D eigenvalue weighted by Gasteiger charge is 2.13. The van der Waals surface area contributed by atoms with Gasteiger partial charge in [0.2, 0.25) is 0 Å². The van der Waals surface area contributed by atoms with Gasteiger partial charge in [-0.3, -0.25) is 0 Å². The van der Waals surface area contributed by atoms with Gasteiger partial charge in [0, 0.05) is 6.42 Å². The largest absolute Gasteiger partial charge is 0.238 e. The number of fused-ring (bicyclic) bond motifs is 1. The van der Waals surface area contributed by atoms with Crippen LogP contribution in [0.2, 0.25) is 0 Å². The highest BCUT2D eigenvalue weighted by molar-refractivity contribution is 7.18. The van der Waals surface area contributed by atoms with E-state index in [2.05, 4.69) is 11.1 Å². The van der Waals surface area contributed by atoms with Crippen molar-refractivity contribution in [3.8, 4) is 6.07 Å². The summed E-state index contributed by atoms with van der Waals surface area (Å²) in [6.07, 6.45) is 0.898. The van der Waals surface area contributed by atoms with E-state index in [-0.39, 0.29) is 5.52 Å². The van der Waals surface area contributed by atoms with E-state index < -0.39 is 11.6 Å². The molecule has 1 aromatic heterocycles. The first-order valence-corrected chi connectivity index (χ1v) is 7.58. The molecule has 0 aliphatic rings. The third kappa shape index (κ3) is 2.83. The fourth-order valence-corrected chi connectivity index (χ4v) is 3.47. The molecule has 2 nitrogen and oxygen atoms in total. The molecule has 0 spiro atoms. The maximum Gasteiger partial charge on any atom is 0.185 e. The summed E-state index contributed by atoms with van der Waals surface area (Å²) in [6, 6.07) is 10.8. The van der Waals surface area contributed by atoms with Crippen LogP contribution in [0.4, 0.5) is 8.78 Å². The van der Waals surface area contributed by atoms with Gasteiger partial charge in [-0.1, -0.05) is 23.8 Å². The van der Waals surface area contributed by atoms with Crippen molar-refractivity contribution < 1.29 is 8.78 Å². The third-order valence-corrected chi connectivity index (χ3v) is 4.35. The highest BCUT2D eigenvalue weighted by Crippen LogP contribution is 2.27. The van der Waals surface area contributed by atoms with Gasteiger partial charge in [-0.25, -0.2) is 13.8 Å². The first kappa shape index (κ1) is 14.6. The Labute approximate surface area is 130 Å². The molecule has 0 N–H and O–H groups in total. The Morgan fingerprint density at radius 3 is 2.73 bits per heavy atom. The fraction of sp³-hybridized carbons (Fsp3) is 0.176. The maximum absolute atomic E-state index is 13.7. The van der Waals surface area contributed by atoms with Gasteiger partial charge >= 0.3 is 0 Å². The molecule has 0 unspecified atom stereocenters. The molecule has 0 fully saturated rings. The number of hydrogen-bond acceptors (Lipinski definition) is 3. The first-order chi connectivity index (χ1) is 10.6. The maximum atomic E-state index is 13.7. The number of aromatic nitrogens is 1. The SMILES string of the molecule is Cc1cc(CC#N)cc(Cc2nc3c(F)c(F)ccc3s2)c1. The number of thiazole rings is 1. The minimum Gasteiger partial charge on any atom is -0.238 e. The van der Waals surface area contributed by atoms with Crippen LogP contribution in [0.5, 0.6) is 0 Å². The van der Waals surface area contributed by atoms with Crippen LogP contribution in [0.1, 0.15) is 21.7 Å². The van der Waals surface area contributed by atoms with E-state index in [1.807, 2.05) is 25.1 Å². The Bertz CT molecular complexity index is 894. The molecule has 0 radical (unpaired) electrons. The van der Waals surface area contributed by atoms with Crippen LogP contribution >= 0.6 is 11.3 Å². The average molecular weight is 314 g/mol. The van der Waals surface area contributed by atoms with E-state index >= 15 is 0 Å². The standard InChI is InChI=1S/C17H12F2N2S/c1-10-6-11(4-5-20)8-12(7-10)9-15-21-17-14(22-15)3-2-13(18)16(17)19/h2-3,6-8H,4,9H2,1H3. The smallest absolute Gasteiger partial charge is 0.185 e. The molecule has 3 aromatic rings. The second-order valence-corrected chi connectivity index (χ2v) is 6.27. The van der Waals surface area contributed by atoms with Crippen molar-refractivity contribution in [2.75, 3.05) is 0 Å². The van der Waals surface area contributed by atoms with Gasteiger partial charge in [-0.05, 0) is 30.2 Å². The fourth-order valence-electron chi connectivity index (χ4n) is 2.48. The van der Waals surface area contributed by atoms with E-state index in [9.17, 15) is 8.78 Å². The molecular weight excluding hydrogens is 302 g/mol. The lowest BCUT2D eigenvalue weighted by atomic mass is 10.0.